The molecule has 0 saturated heterocycles. The van der Waals surface area contributed by atoms with Crippen LogP contribution in [0.25, 0.3) is 0 Å². The van der Waals surface area contributed by atoms with Gasteiger partial charge in [-0.25, -0.2) is 4.99 Å². The average Bonchev–Trinajstić information content (AvgIpc) is 2.63. The van der Waals surface area contributed by atoms with E-state index in [1.54, 1.807) is 6.20 Å². The second kappa shape index (κ2) is 9.90. The van der Waals surface area contributed by atoms with Gasteiger partial charge in [-0.05, 0) is 36.8 Å². The van der Waals surface area contributed by atoms with Crippen LogP contribution in [0.1, 0.15) is 18.2 Å². The number of nitrogens with zero attached hydrogens (tertiary/aromatic N) is 2. The number of ether oxygens (including phenoxy) is 1. The van der Waals surface area contributed by atoms with Gasteiger partial charge in [0.05, 0.1) is 18.8 Å². The molecule has 0 radical (unpaired) electrons. The predicted octanol–water partition coefficient (Wildman–Crippen LogP) is 2.35. The summed E-state index contributed by atoms with van der Waals surface area (Å²) in [6.45, 7) is 4.22. The minimum Gasteiger partial charge on any atom is -0.487 e. The highest BCUT2D eigenvalue weighted by molar-refractivity contribution is 5.79. The molecule has 0 unspecified atom stereocenters. The van der Waals surface area contributed by atoms with Crippen molar-refractivity contribution in [3.63, 3.8) is 0 Å². The molecule has 0 amide bonds. The number of hydrogen-bond donors (Lipinski definition) is 2. The third-order valence-corrected chi connectivity index (χ3v) is 3.13. The highest BCUT2D eigenvalue weighted by atomic mass is 16.5. The lowest BCUT2D eigenvalue weighted by molar-refractivity contribution is 0.301. The quantitative estimate of drug-likeness (QED) is 0.467. The Morgan fingerprint density at radius 3 is 2.92 bits per heavy atom. The van der Waals surface area contributed by atoms with E-state index in [1.807, 2.05) is 49.4 Å². The van der Waals surface area contributed by atoms with Crippen LogP contribution in [0.4, 0.5) is 0 Å². The molecule has 124 valence electrons. The minimum atomic E-state index is 0.444. The highest BCUT2D eigenvalue weighted by Crippen LogP contribution is 2.15. The van der Waals surface area contributed by atoms with Crippen LogP contribution in [0.15, 0.2) is 53.7 Å². The van der Waals surface area contributed by atoms with Gasteiger partial charge >= 0.3 is 0 Å². The Bertz CT molecular complexity index is 692. The van der Waals surface area contributed by atoms with Gasteiger partial charge in [0.2, 0.25) is 0 Å². The van der Waals surface area contributed by atoms with Gasteiger partial charge in [-0.2, -0.15) is 0 Å². The van der Waals surface area contributed by atoms with E-state index in [1.165, 1.54) is 0 Å². The monoisotopic (exact) mass is 322 g/mol. The highest BCUT2D eigenvalue weighted by Gasteiger charge is 2.00. The maximum Gasteiger partial charge on any atom is 0.192 e. The Balaban J connectivity index is 1.95. The van der Waals surface area contributed by atoms with Gasteiger partial charge in [0.15, 0.2) is 5.96 Å². The first-order chi connectivity index (χ1) is 11.8. The average molecular weight is 322 g/mol. The smallest absolute Gasteiger partial charge is 0.192 e. The van der Waals surface area contributed by atoms with Crippen molar-refractivity contribution in [2.45, 2.75) is 20.1 Å². The number of terminal acetylenes is 1. The van der Waals surface area contributed by atoms with Gasteiger partial charge in [-0.15, -0.1) is 6.42 Å². The van der Waals surface area contributed by atoms with E-state index in [2.05, 4.69) is 26.5 Å². The van der Waals surface area contributed by atoms with Crippen LogP contribution in [0, 0.1) is 12.3 Å². The topological polar surface area (TPSA) is 58.5 Å². The molecule has 2 N–H and O–H groups in total. The van der Waals surface area contributed by atoms with Crippen LogP contribution in [-0.2, 0) is 13.2 Å². The Labute approximate surface area is 143 Å². The molecule has 0 aliphatic carbocycles. The van der Waals surface area contributed by atoms with E-state index in [-0.39, 0.29) is 0 Å². The molecule has 0 spiro atoms. The van der Waals surface area contributed by atoms with E-state index < -0.39 is 0 Å². The normalized spacial score (nSPS) is 10.8. The summed E-state index contributed by atoms with van der Waals surface area (Å²) in [6.07, 6.45) is 7.02. The third kappa shape index (κ3) is 6.01. The molecular formula is C19H22N4O. The van der Waals surface area contributed by atoms with Gasteiger partial charge in [-0.3, -0.25) is 4.98 Å². The van der Waals surface area contributed by atoms with Crippen molar-refractivity contribution in [2.24, 2.45) is 4.99 Å². The number of guanidine groups is 1. The molecule has 2 aromatic rings. The third-order valence-electron chi connectivity index (χ3n) is 3.13. The van der Waals surface area contributed by atoms with E-state index in [9.17, 15) is 0 Å². The van der Waals surface area contributed by atoms with Crippen molar-refractivity contribution < 1.29 is 4.74 Å². The molecule has 0 bridgehead atoms. The zero-order valence-corrected chi connectivity index (χ0v) is 13.8. The largest absolute Gasteiger partial charge is 0.487 e. The number of aliphatic imine (C=N–C) groups is 1. The SMILES string of the molecule is C#CCNC(=NCc1cccc(OCc2ccccn2)c1)NCC. The van der Waals surface area contributed by atoms with E-state index in [0.29, 0.717) is 25.7 Å². The molecule has 1 heterocycles. The molecule has 0 aliphatic rings. The van der Waals surface area contributed by atoms with Gasteiger partial charge in [0, 0.05) is 12.7 Å². The standard InChI is InChI=1S/C19H22N4O/c1-3-11-22-19(20-4-2)23-14-16-8-7-10-18(13-16)24-15-17-9-5-6-12-21-17/h1,5-10,12-13H,4,11,14-15H2,2H3,(H2,20,22,23). The first kappa shape index (κ1) is 17.4. The first-order valence-electron chi connectivity index (χ1n) is 7.89. The maximum atomic E-state index is 5.78. The molecule has 5 nitrogen and oxygen atoms in total. The lowest BCUT2D eigenvalue weighted by Crippen LogP contribution is -2.37. The zero-order chi connectivity index (χ0) is 17.0. The van der Waals surface area contributed by atoms with E-state index >= 15 is 0 Å². The molecule has 0 atom stereocenters. The summed E-state index contributed by atoms with van der Waals surface area (Å²) in [7, 11) is 0. The van der Waals surface area contributed by atoms with Gasteiger partial charge in [-0.1, -0.05) is 24.1 Å². The number of aromatic nitrogens is 1. The summed E-state index contributed by atoms with van der Waals surface area (Å²) in [6, 6.07) is 13.7. The van der Waals surface area contributed by atoms with Crippen molar-refractivity contribution >= 4 is 5.96 Å². The van der Waals surface area contributed by atoms with Crippen LogP contribution in [0.3, 0.4) is 0 Å². The number of hydrogen-bond acceptors (Lipinski definition) is 3. The van der Waals surface area contributed by atoms with Crippen molar-refractivity contribution in [3.8, 4) is 18.1 Å². The van der Waals surface area contributed by atoms with Gasteiger partial charge in [0.25, 0.3) is 0 Å². The fourth-order valence-corrected chi connectivity index (χ4v) is 2.02. The van der Waals surface area contributed by atoms with Crippen LogP contribution >= 0.6 is 0 Å². The van der Waals surface area contributed by atoms with Crippen LogP contribution < -0.4 is 15.4 Å². The number of pyridine rings is 1. The molecular weight excluding hydrogens is 300 g/mol. The summed E-state index contributed by atoms with van der Waals surface area (Å²) >= 11 is 0. The zero-order valence-electron chi connectivity index (χ0n) is 13.8. The van der Waals surface area contributed by atoms with Crippen molar-refractivity contribution in [1.82, 2.24) is 15.6 Å². The number of benzene rings is 1. The van der Waals surface area contributed by atoms with Gasteiger partial charge in [0.1, 0.15) is 12.4 Å². The molecule has 0 fully saturated rings. The van der Waals surface area contributed by atoms with Crippen LogP contribution in [0.2, 0.25) is 0 Å². The summed E-state index contributed by atoms with van der Waals surface area (Å²) in [5, 5.41) is 6.22. The summed E-state index contributed by atoms with van der Waals surface area (Å²) in [4.78, 5) is 8.76. The van der Waals surface area contributed by atoms with E-state index in [4.69, 9.17) is 11.2 Å². The molecule has 0 aliphatic heterocycles. The lowest BCUT2D eigenvalue weighted by atomic mass is 10.2. The second-order valence-corrected chi connectivity index (χ2v) is 5.01. The van der Waals surface area contributed by atoms with E-state index in [0.717, 1.165) is 23.6 Å². The van der Waals surface area contributed by atoms with Crippen molar-refractivity contribution in [1.29, 1.82) is 0 Å². The van der Waals surface area contributed by atoms with Crippen LogP contribution in [-0.4, -0.2) is 24.0 Å². The maximum absolute atomic E-state index is 5.78. The molecule has 1 aromatic carbocycles. The molecule has 5 heteroatoms. The number of rotatable bonds is 7. The van der Waals surface area contributed by atoms with Crippen LogP contribution in [0.5, 0.6) is 5.75 Å². The van der Waals surface area contributed by atoms with Gasteiger partial charge < -0.3 is 15.4 Å². The Morgan fingerprint density at radius 2 is 2.17 bits per heavy atom. The summed E-state index contributed by atoms with van der Waals surface area (Å²) in [5.41, 5.74) is 1.96. The fourth-order valence-electron chi connectivity index (χ4n) is 2.02. The predicted molar refractivity (Wildman–Crippen MR) is 96.7 cm³/mol. The van der Waals surface area contributed by atoms with Crippen molar-refractivity contribution in [3.05, 3.63) is 59.9 Å². The molecule has 0 saturated carbocycles. The number of nitrogens with one attached hydrogen (secondary N) is 2. The summed E-state index contributed by atoms with van der Waals surface area (Å²) in [5.74, 6) is 4.04. The lowest BCUT2D eigenvalue weighted by Gasteiger charge is -2.10. The van der Waals surface area contributed by atoms with Crippen molar-refractivity contribution in [2.75, 3.05) is 13.1 Å². The Morgan fingerprint density at radius 1 is 1.25 bits per heavy atom. The molecule has 1 aromatic heterocycles. The first-order valence-corrected chi connectivity index (χ1v) is 7.89. The minimum absolute atomic E-state index is 0.444. The second-order valence-electron chi connectivity index (χ2n) is 5.01. The Hall–Kier alpha value is -3.00. The molecule has 2 rings (SSSR count). The molecule has 24 heavy (non-hydrogen) atoms. The fraction of sp³-hybridized carbons (Fsp3) is 0.263. The Kier molecular flexibility index (Phi) is 7.16. The summed E-state index contributed by atoms with van der Waals surface area (Å²) < 4.78 is 5.78.